The highest BCUT2D eigenvalue weighted by Gasteiger charge is 2.16. The summed E-state index contributed by atoms with van der Waals surface area (Å²) in [7, 11) is 1.70. The SMILES string of the molecule is Cn1c(=O)c2ccccc2n2c(SCc3coc(-c4cccc(Cl)c4)n3)nnc12. The number of fused-ring (bicyclic) bond motifs is 3. The largest absolute Gasteiger partial charge is 0.444 e. The van der Waals surface area contributed by atoms with E-state index in [0.29, 0.717) is 33.0 Å². The van der Waals surface area contributed by atoms with Crippen LogP contribution in [0.25, 0.3) is 28.1 Å². The van der Waals surface area contributed by atoms with E-state index in [-0.39, 0.29) is 5.56 Å². The second-order valence-electron chi connectivity index (χ2n) is 6.44. The van der Waals surface area contributed by atoms with Gasteiger partial charge in [0.15, 0.2) is 5.16 Å². The molecule has 9 heteroatoms. The average Bonchev–Trinajstić information content (AvgIpc) is 3.38. The molecule has 0 amide bonds. The normalized spacial score (nSPS) is 11.5. The van der Waals surface area contributed by atoms with Crippen molar-refractivity contribution in [3.05, 3.63) is 75.9 Å². The molecule has 0 aliphatic carbocycles. The van der Waals surface area contributed by atoms with Crippen molar-refractivity contribution in [3.8, 4) is 11.5 Å². The monoisotopic (exact) mass is 423 g/mol. The van der Waals surface area contributed by atoms with E-state index in [1.807, 2.05) is 40.8 Å². The maximum Gasteiger partial charge on any atom is 0.262 e. The highest BCUT2D eigenvalue weighted by atomic mass is 35.5. The number of aromatic nitrogens is 5. The van der Waals surface area contributed by atoms with E-state index >= 15 is 0 Å². The van der Waals surface area contributed by atoms with Crippen molar-refractivity contribution in [2.24, 2.45) is 7.05 Å². The summed E-state index contributed by atoms with van der Waals surface area (Å²) in [5.41, 5.74) is 2.27. The zero-order valence-corrected chi connectivity index (χ0v) is 16.8. The summed E-state index contributed by atoms with van der Waals surface area (Å²) >= 11 is 7.52. The van der Waals surface area contributed by atoms with Crippen LogP contribution in [0.2, 0.25) is 5.02 Å². The van der Waals surface area contributed by atoms with Gasteiger partial charge in [-0.3, -0.25) is 13.8 Å². The second-order valence-corrected chi connectivity index (χ2v) is 7.82. The number of benzene rings is 2. The predicted octanol–water partition coefficient (Wildman–Crippen LogP) is 4.18. The molecule has 0 aliphatic heterocycles. The van der Waals surface area contributed by atoms with Gasteiger partial charge in [-0.2, -0.15) is 0 Å². The lowest BCUT2D eigenvalue weighted by Crippen LogP contribution is -2.20. The first kappa shape index (κ1) is 18.0. The number of hydrogen-bond acceptors (Lipinski definition) is 6. The van der Waals surface area contributed by atoms with Gasteiger partial charge >= 0.3 is 0 Å². The molecule has 144 valence electrons. The van der Waals surface area contributed by atoms with Crippen molar-refractivity contribution >= 4 is 40.0 Å². The summed E-state index contributed by atoms with van der Waals surface area (Å²) in [6, 6.07) is 14.8. The Labute approximate surface area is 174 Å². The van der Waals surface area contributed by atoms with Crippen LogP contribution in [-0.2, 0) is 12.8 Å². The van der Waals surface area contributed by atoms with E-state index in [9.17, 15) is 4.79 Å². The highest BCUT2D eigenvalue weighted by Crippen LogP contribution is 2.27. The molecule has 0 aliphatic rings. The van der Waals surface area contributed by atoms with Crippen LogP contribution in [0.5, 0.6) is 0 Å². The predicted molar refractivity (Wildman–Crippen MR) is 112 cm³/mol. The van der Waals surface area contributed by atoms with Gasteiger partial charge in [-0.25, -0.2) is 4.98 Å². The molecule has 0 N–H and O–H groups in total. The molecule has 0 fully saturated rings. The zero-order chi connectivity index (χ0) is 20.0. The van der Waals surface area contributed by atoms with Crippen LogP contribution in [0.4, 0.5) is 0 Å². The topological polar surface area (TPSA) is 78.2 Å². The molecule has 3 heterocycles. The molecular formula is C20H14ClN5O2S. The highest BCUT2D eigenvalue weighted by molar-refractivity contribution is 7.98. The van der Waals surface area contributed by atoms with Gasteiger partial charge in [0.05, 0.1) is 16.6 Å². The van der Waals surface area contributed by atoms with E-state index in [4.69, 9.17) is 16.0 Å². The summed E-state index contributed by atoms with van der Waals surface area (Å²) in [4.78, 5) is 17.1. The smallest absolute Gasteiger partial charge is 0.262 e. The van der Waals surface area contributed by atoms with Crippen LogP contribution in [0.1, 0.15) is 5.69 Å². The van der Waals surface area contributed by atoms with Crippen molar-refractivity contribution in [3.63, 3.8) is 0 Å². The third kappa shape index (κ3) is 3.10. The number of oxazole rings is 1. The fraction of sp³-hybridized carbons (Fsp3) is 0.100. The standard InChI is InChI=1S/C20H14ClN5O2S/c1-25-18(27)15-7-2-3-8-16(15)26-19(25)23-24-20(26)29-11-14-10-28-17(22-14)12-5-4-6-13(21)9-12/h2-10H,11H2,1H3. The van der Waals surface area contributed by atoms with Crippen molar-refractivity contribution in [2.75, 3.05) is 0 Å². The summed E-state index contributed by atoms with van der Waals surface area (Å²) in [5.74, 6) is 1.56. The molecule has 2 aromatic carbocycles. The lowest BCUT2D eigenvalue weighted by molar-refractivity contribution is 0.573. The Kier molecular flexibility index (Phi) is 4.37. The third-order valence-electron chi connectivity index (χ3n) is 4.57. The summed E-state index contributed by atoms with van der Waals surface area (Å²) < 4.78 is 8.99. The van der Waals surface area contributed by atoms with Gasteiger partial charge in [0.25, 0.3) is 5.56 Å². The van der Waals surface area contributed by atoms with Crippen molar-refractivity contribution in [1.29, 1.82) is 0 Å². The van der Waals surface area contributed by atoms with Crippen LogP contribution in [0.3, 0.4) is 0 Å². The first-order chi connectivity index (χ1) is 14.1. The molecule has 0 radical (unpaired) electrons. The van der Waals surface area contributed by atoms with Crippen molar-refractivity contribution in [2.45, 2.75) is 10.9 Å². The van der Waals surface area contributed by atoms with Gasteiger partial charge in [-0.1, -0.05) is 41.6 Å². The summed E-state index contributed by atoms with van der Waals surface area (Å²) in [6.07, 6.45) is 1.63. The maximum absolute atomic E-state index is 12.5. The first-order valence-electron chi connectivity index (χ1n) is 8.78. The fourth-order valence-corrected chi connectivity index (χ4v) is 4.18. The molecule has 0 atom stereocenters. The van der Waals surface area contributed by atoms with Gasteiger partial charge in [0, 0.05) is 23.4 Å². The quantitative estimate of drug-likeness (QED) is 0.403. The van der Waals surface area contributed by atoms with Gasteiger partial charge in [0.1, 0.15) is 6.26 Å². The molecule has 0 saturated carbocycles. The van der Waals surface area contributed by atoms with E-state index in [0.717, 1.165) is 16.8 Å². The molecule has 7 nitrogen and oxygen atoms in total. The minimum absolute atomic E-state index is 0.0975. The molecule has 0 unspecified atom stereocenters. The molecule has 0 bridgehead atoms. The lowest BCUT2D eigenvalue weighted by atomic mass is 10.2. The molecule has 29 heavy (non-hydrogen) atoms. The average molecular weight is 424 g/mol. The fourth-order valence-electron chi connectivity index (χ4n) is 3.17. The van der Waals surface area contributed by atoms with E-state index in [1.165, 1.54) is 16.3 Å². The number of hydrogen-bond donors (Lipinski definition) is 0. The Bertz CT molecular complexity index is 1420. The molecular weight excluding hydrogens is 410 g/mol. The number of aryl methyl sites for hydroxylation is 1. The van der Waals surface area contributed by atoms with E-state index in [2.05, 4.69) is 15.2 Å². The molecule has 3 aromatic heterocycles. The maximum atomic E-state index is 12.5. The minimum atomic E-state index is -0.0975. The Morgan fingerprint density at radius 3 is 2.86 bits per heavy atom. The lowest BCUT2D eigenvalue weighted by Gasteiger charge is -2.07. The molecule has 5 rings (SSSR count). The Morgan fingerprint density at radius 2 is 2.00 bits per heavy atom. The van der Waals surface area contributed by atoms with E-state index in [1.54, 1.807) is 25.4 Å². The Hall–Kier alpha value is -3.10. The van der Waals surface area contributed by atoms with Crippen LogP contribution in [-0.4, -0.2) is 24.1 Å². The Morgan fingerprint density at radius 1 is 1.14 bits per heavy atom. The van der Waals surface area contributed by atoms with Crippen LogP contribution in [0.15, 0.2) is 69.2 Å². The van der Waals surface area contributed by atoms with Crippen LogP contribution < -0.4 is 5.56 Å². The van der Waals surface area contributed by atoms with E-state index < -0.39 is 0 Å². The van der Waals surface area contributed by atoms with Crippen molar-refractivity contribution in [1.82, 2.24) is 24.1 Å². The molecule has 0 spiro atoms. The minimum Gasteiger partial charge on any atom is -0.444 e. The van der Waals surface area contributed by atoms with Gasteiger partial charge in [-0.15, -0.1) is 10.2 Å². The Balaban J connectivity index is 1.49. The number of nitrogens with zero attached hydrogens (tertiary/aromatic N) is 5. The third-order valence-corrected chi connectivity index (χ3v) is 5.77. The second kappa shape index (κ2) is 7.06. The molecule has 5 aromatic rings. The first-order valence-corrected chi connectivity index (χ1v) is 10.1. The van der Waals surface area contributed by atoms with Gasteiger partial charge in [0.2, 0.25) is 11.7 Å². The number of halogens is 1. The van der Waals surface area contributed by atoms with Gasteiger partial charge < -0.3 is 4.42 Å². The number of thioether (sulfide) groups is 1. The summed E-state index contributed by atoms with van der Waals surface area (Å²) in [6.45, 7) is 0. The summed E-state index contributed by atoms with van der Waals surface area (Å²) in [5, 5.41) is 10.4. The van der Waals surface area contributed by atoms with Crippen LogP contribution in [0, 0.1) is 0 Å². The van der Waals surface area contributed by atoms with Crippen molar-refractivity contribution < 1.29 is 4.42 Å². The van der Waals surface area contributed by atoms with Gasteiger partial charge in [-0.05, 0) is 30.3 Å². The zero-order valence-electron chi connectivity index (χ0n) is 15.2. The number of para-hydroxylation sites is 1. The number of rotatable bonds is 4. The van der Waals surface area contributed by atoms with Crippen LogP contribution >= 0.6 is 23.4 Å². The molecule has 0 saturated heterocycles.